The molecule has 0 atom stereocenters. The molecule has 1 N–H and O–H groups in total. The Morgan fingerprint density at radius 1 is 1.20 bits per heavy atom. The fourth-order valence-electron chi connectivity index (χ4n) is 4.58. The van der Waals surface area contributed by atoms with Gasteiger partial charge in [0, 0.05) is 65.7 Å². The van der Waals surface area contributed by atoms with Gasteiger partial charge in [0.05, 0.1) is 11.6 Å². The number of carbonyl (C=O) groups excluding carboxylic acids is 1. The highest BCUT2D eigenvalue weighted by Gasteiger charge is 2.25. The van der Waals surface area contributed by atoms with E-state index in [9.17, 15) is 9.18 Å². The lowest BCUT2D eigenvalue weighted by Gasteiger charge is -2.29. The number of nitrogens with one attached hydrogen (secondary N) is 1. The zero-order valence-corrected chi connectivity index (χ0v) is 24.6. The van der Waals surface area contributed by atoms with E-state index in [0.717, 1.165) is 39.4 Å². The first-order chi connectivity index (χ1) is 19.4. The summed E-state index contributed by atoms with van der Waals surface area (Å²) in [5.74, 6) is 2.11. The summed E-state index contributed by atoms with van der Waals surface area (Å²) in [6.45, 7) is 5.00. The van der Waals surface area contributed by atoms with Crippen LogP contribution in [0.3, 0.4) is 0 Å². The molecule has 5 heterocycles. The molecule has 0 bridgehead atoms. The molecule has 9 nitrogen and oxygen atoms in total. The van der Waals surface area contributed by atoms with Gasteiger partial charge in [-0.2, -0.15) is 4.37 Å². The number of amides is 1. The van der Waals surface area contributed by atoms with E-state index in [1.54, 1.807) is 37.7 Å². The Bertz CT molecular complexity index is 1670. The molecule has 5 aromatic rings. The van der Waals surface area contributed by atoms with Gasteiger partial charge in [-0.1, -0.05) is 11.8 Å². The minimum absolute atomic E-state index is 0. The van der Waals surface area contributed by atoms with Crippen LogP contribution >= 0.6 is 35.7 Å². The molecule has 4 aromatic heterocycles. The number of hydrogen-bond acceptors (Lipinski definition) is 10. The van der Waals surface area contributed by atoms with Crippen LogP contribution in [0.25, 0.3) is 11.1 Å². The molecule has 1 saturated heterocycles. The molecule has 0 radical (unpaired) electrons. The van der Waals surface area contributed by atoms with Crippen molar-refractivity contribution in [3.8, 4) is 11.5 Å². The van der Waals surface area contributed by atoms with Crippen LogP contribution in [0.4, 0.5) is 15.3 Å². The Morgan fingerprint density at radius 3 is 2.73 bits per heavy atom. The SMILES string of the molecule is CC(=O)N1CCC(c2nsc(Nc3ncc(Sc4ccnc5occ(C)c45)cc3Oc3ccc(F)cc3)n2)CC1.Cl. The second-order valence-electron chi connectivity index (χ2n) is 9.45. The lowest BCUT2D eigenvalue weighted by molar-refractivity contribution is -0.129. The Labute approximate surface area is 250 Å². The minimum Gasteiger partial charge on any atom is -0.453 e. The predicted octanol–water partition coefficient (Wildman–Crippen LogP) is 7.36. The summed E-state index contributed by atoms with van der Waals surface area (Å²) < 4.78 is 29.8. The summed E-state index contributed by atoms with van der Waals surface area (Å²) >= 11 is 2.77. The third kappa shape index (κ3) is 6.45. The van der Waals surface area contributed by atoms with Crippen molar-refractivity contribution in [2.75, 3.05) is 18.4 Å². The van der Waals surface area contributed by atoms with E-state index >= 15 is 0 Å². The van der Waals surface area contributed by atoms with Gasteiger partial charge in [-0.3, -0.25) is 4.79 Å². The van der Waals surface area contributed by atoms with Crippen LogP contribution in [0.2, 0.25) is 0 Å². The molecular formula is C28H26ClFN6O3S2. The molecule has 1 aromatic carbocycles. The van der Waals surface area contributed by atoms with Crippen molar-refractivity contribution < 1.29 is 18.3 Å². The molecule has 0 unspecified atom stereocenters. The number of aryl methyl sites for hydroxylation is 1. The maximum atomic E-state index is 13.5. The maximum absolute atomic E-state index is 13.5. The molecule has 41 heavy (non-hydrogen) atoms. The average Bonchev–Trinajstić information content (AvgIpc) is 3.59. The van der Waals surface area contributed by atoms with Crippen LogP contribution in [0.15, 0.2) is 69.3 Å². The number of likely N-dealkylation sites (tertiary alicyclic amines) is 1. The molecule has 6 rings (SSSR count). The van der Waals surface area contributed by atoms with Crippen molar-refractivity contribution >= 4 is 63.7 Å². The number of nitrogens with zero attached hydrogens (tertiary/aromatic N) is 5. The Morgan fingerprint density at radius 2 is 1.98 bits per heavy atom. The van der Waals surface area contributed by atoms with E-state index in [1.807, 2.05) is 24.0 Å². The summed E-state index contributed by atoms with van der Waals surface area (Å²) in [6.07, 6.45) is 6.82. The second-order valence-corrected chi connectivity index (χ2v) is 11.3. The number of rotatable bonds is 7. The first-order valence-electron chi connectivity index (χ1n) is 12.7. The molecular weight excluding hydrogens is 587 g/mol. The lowest BCUT2D eigenvalue weighted by atomic mass is 9.96. The molecule has 1 aliphatic heterocycles. The molecule has 0 saturated carbocycles. The van der Waals surface area contributed by atoms with Gasteiger partial charge in [0.2, 0.25) is 16.8 Å². The normalized spacial score (nSPS) is 13.7. The molecule has 0 spiro atoms. The van der Waals surface area contributed by atoms with Gasteiger partial charge in [0.15, 0.2) is 11.6 Å². The third-order valence-electron chi connectivity index (χ3n) is 6.69. The van der Waals surface area contributed by atoms with Crippen molar-refractivity contribution in [2.24, 2.45) is 0 Å². The maximum Gasteiger partial charge on any atom is 0.227 e. The summed E-state index contributed by atoms with van der Waals surface area (Å²) in [6, 6.07) is 9.64. The number of benzene rings is 1. The van der Waals surface area contributed by atoms with Crippen LogP contribution in [0, 0.1) is 12.7 Å². The van der Waals surface area contributed by atoms with Crippen molar-refractivity contribution in [2.45, 2.75) is 42.4 Å². The number of hydrogen-bond donors (Lipinski definition) is 1. The quantitative estimate of drug-likeness (QED) is 0.202. The fraction of sp³-hybridized carbons (Fsp3) is 0.250. The first kappa shape index (κ1) is 28.8. The van der Waals surface area contributed by atoms with E-state index < -0.39 is 0 Å². The number of anilines is 2. The Kier molecular flexibility index (Phi) is 8.71. The summed E-state index contributed by atoms with van der Waals surface area (Å²) in [4.78, 5) is 29.0. The van der Waals surface area contributed by atoms with Crippen LogP contribution < -0.4 is 10.1 Å². The summed E-state index contributed by atoms with van der Waals surface area (Å²) in [5, 5.41) is 4.79. The number of halogens is 2. The Balaban J connectivity index is 0.00000337. The number of ether oxygens (including phenoxy) is 1. The minimum atomic E-state index is -0.346. The van der Waals surface area contributed by atoms with Crippen LogP contribution in [0.1, 0.15) is 37.1 Å². The molecule has 0 aliphatic carbocycles. The monoisotopic (exact) mass is 612 g/mol. The first-order valence-corrected chi connectivity index (χ1v) is 14.3. The molecule has 1 amide bonds. The van der Waals surface area contributed by atoms with E-state index in [0.29, 0.717) is 41.3 Å². The van der Waals surface area contributed by atoms with Gasteiger partial charge >= 0.3 is 0 Å². The van der Waals surface area contributed by atoms with Crippen molar-refractivity contribution in [3.05, 3.63) is 72.3 Å². The average molecular weight is 613 g/mol. The van der Waals surface area contributed by atoms with Gasteiger partial charge in [-0.05, 0) is 55.7 Å². The fourth-order valence-corrected chi connectivity index (χ4v) is 6.23. The number of pyridine rings is 2. The third-order valence-corrected chi connectivity index (χ3v) is 8.35. The molecule has 1 aliphatic rings. The second kappa shape index (κ2) is 12.4. The number of furan rings is 1. The van der Waals surface area contributed by atoms with Crippen molar-refractivity contribution in [1.29, 1.82) is 0 Å². The standard InChI is InChI=1S/C28H25FN6O3S2.ClH/c1-16-15-37-27-24(16)23(7-10-30-27)39-21-13-22(38-20-5-3-19(29)4-6-20)26(31-14-21)33-28-32-25(34-40-28)18-8-11-35(12-9-18)17(2)36;/h3-7,10,13-15,18H,8-9,11-12H2,1-2H3,(H,31,32,33,34);1H. The van der Waals surface area contributed by atoms with E-state index in [2.05, 4.69) is 19.7 Å². The lowest BCUT2D eigenvalue weighted by Crippen LogP contribution is -2.36. The topological polar surface area (TPSA) is 106 Å². The van der Waals surface area contributed by atoms with Gasteiger partial charge in [0.25, 0.3) is 0 Å². The molecule has 13 heteroatoms. The number of aromatic nitrogens is 4. The van der Waals surface area contributed by atoms with Crippen LogP contribution in [-0.2, 0) is 4.79 Å². The zero-order chi connectivity index (χ0) is 27.6. The zero-order valence-electron chi connectivity index (χ0n) is 22.2. The van der Waals surface area contributed by atoms with Crippen LogP contribution in [-0.4, -0.2) is 43.2 Å². The van der Waals surface area contributed by atoms with Gasteiger partial charge in [-0.25, -0.2) is 19.3 Å². The molecule has 1 fully saturated rings. The smallest absolute Gasteiger partial charge is 0.227 e. The largest absolute Gasteiger partial charge is 0.453 e. The highest BCUT2D eigenvalue weighted by Crippen LogP contribution is 2.39. The van der Waals surface area contributed by atoms with Crippen molar-refractivity contribution in [3.63, 3.8) is 0 Å². The van der Waals surface area contributed by atoms with Crippen LogP contribution in [0.5, 0.6) is 11.5 Å². The summed E-state index contributed by atoms with van der Waals surface area (Å²) in [5.41, 5.74) is 1.58. The molecule has 212 valence electrons. The predicted molar refractivity (Wildman–Crippen MR) is 158 cm³/mol. The Hall–Kier alpha value is -3.74. The van der Waals surface area contributed by atoms with E-state index in [1.165, 1.54) is 35.4 Å². The summed E-state index contributed by atoms with van der Waals surface area (Å²) in [7, 11) is 0. The van der Waals surface area contributed by atoms with E-state index in [4.69, 9.17) is 14.1 Å². The number of carbonyl (C=O) groups is 1. The van der Waals surface area contributed by atoms with Gasteiger partial charge < -0.3 is 19.4 Å². The van der Waals surface area contributed by atoms with Gasteiger partial charge in [-0.15, -0.1) is 12.4 Å². The highest BCUT2D eigenvalue weighted by molar-refractivity contribution is 7.99. The van der Waals surface area contributed by atoms with Gasteiger partial charge in [0.1, 0.15) is 17.4 Å². The number of piperidine rings is 1. The number of fused-ring (bicyclic) bond motifs is 1. The van der Waals surface area contributed by atoms with E-state index in [-0.39, 0.29) is 30.0 Å². The highest BCUT2D eigenvalue weighted by atomic mass is 35.5. The van der Waals surface area contributed by atoms with Crippen molar-refractivity contribution in [1.82, 2.24) is 24.2 Å².